The third-order valence-corrected chi connectivity index (χ3v) is 1.06. The second kappa shape index (κ2) is 6.40. The van der Waals surface area contributed by atoms with E-state index in [4.69, 9.17) is 5.73 Å². The average Bonchev–Trinajstić information content (AvgIpc) is 2.07. The van der Waals surface area contributed by atoms with Crippen LogP contribution in [-0.2, 0) is 0 Å². The SMILES string of the molecule is CCC.NC(=O)c1ccccc1. The van der Waals surface area contributed by atoms with Gasteiger partial charge in [-0.25, -0.2) is 0 Å². The normalized spacial score (nSPS) is 8.17. The summed E-state index contributed by atoms with van der Waals surface area (Å²) in [5, 5.41) is 0. The van der Waals surface area contributed by atoms with Gasteiger partial charge in [0, 0.05) is 5.56 Å². The molecule has 12 heavy (non-hydrogen) atoms. The third-order valence-electron chi connectivity index (χ3n) is 1.06. The van der Waals surface area contributed by atoms with Crippen LogP contribution in [-0.4, -0.2) is 5.91 Å². The molecule has 0 bridgehead atoms. The summed E-state index contributed by atoms with van der Waals surface area (Å²) in [5.74, 6) is -0.379. The molecule has 1 aromatic rings. The number of carbonyl (C=O) groups is 1. The molecule has 0 fully saturated rings. The van der Waals surface area contributed by atoms with Gasteiger partial charge in [0.15, 0.2) is 0 Å². The van der Waals surface area contributed by atoms with Crippen molar-refractivity contribution in [3.63, 3.8) is 0 Å². The molecular formula is C10H15NO. The fraction of sp³-hybridized carbons (Fsp3) is 0.300. The summed E-state index contributed by atoms with van der Waals surface area (Å²) in [6, 6.07) is 8.76. The zero-order valence-corrected chi connectivity index (χ0v) is 7.58. The van der Waals surface area contributed by atoms with Crippen molar-refractivity contribution < 1.29 is 4.79 Å². The van der Waals surface area contributed by atoms with Crippen molar-refractivity contribution >= 4 is 5.91 Å². The molecule has 2 heteroatoms. The highest BCUT2D eigenvalue weighted by molar-refractivity contribution is 5.92. The Bertz CT molecular complexity index is 219. The van der Waals surface area contributed by atoms with Gasteiger partial charge in [0.1, 0.15) is 0 Å². The van der Waals surface area contributed by atoms with Crippen LogP contribution in [0.2, 0.25) is 0 Å². The first-order valence-electron chi connectivity index (χ1n) is 4.07. The Hall–Kier alpha value is -1.31. The minimum atomic E-state index is -0.379. The second-order valence-electron chi connectivity index (χ2n) is 2.44. The molecule has 2 N–H and O–H groups in total. The van der Waals surface area contributed by atoms with Crippen molar-refractivity contribution in [3.05, 3.63) is 35.9 Å². The van der Waals surface area contributed by atoms with Gasteiger partial charge in [0.2, 0.25) is 5.91 Å². The van der Waals surface area contributed by atoms with Crippen LogP contribution in [0.1, 0.15) is 30.6 Å². The van der Waals surface area contributed by atoms with E-state index in [1.807, 2.05) is 6.07 Å². The summed E-state index contributed by atoms with van der Waals surface area (Å²) in [7, 11) is 0. The highest BCUT2D eigenvalue weighted by Crippen LogP contribution is 1.94. The van der Waals surface area contributed by atoms with E-state index in [-0.39, 0.29) is 5.91 Å². The number of rotatable bonds is 1. The number of carbonyl (C=O) groups excluding carboxylic acids is 1. The van der Waals surface area contributed by atoms with Crippen molar-refractivity contribution in [2.24, 2.45) is 5.73 Å². The number of amides is 1. The third kappa shape index (κ3) is 4.50. The Morgan fingerprint density at radius 2 is 1.67 bits per heavy atom. The number of benzene rings is 1. The van der Waals surface area contributed by atoms with Crippen LogP contribution >= 0.6 is 0 Å². The zero-order valence-electron chi connectivity index (χ0n) is 7.58. The molecular weight excluding hydrogens is 150 g/mol. The van der Waals surface area contributed by atoms with Crippen molar-refractivity contribution in [1.82, 2.24) is 0 Å². The Balaban J connectivity index is 0.000000354. The first-order valence-corrected chi connectivity index (χ1v) is 4.07. The smallest absolute Gasteiger partial charge is 0.248 e. The zero-order chi connectivity index (χ0) is 9.40. The van der Waals surface area contributed by atoms with Crippen LogP contribution in [0.25, 0.3) is 0 Å². The number of nitrogens with two attached hydrogens (primary N) is 1. The van der Waals surface area contributed by atoms with Gasteiger partial charge in [-0.1, -0.05) is 38.5 Å². The van der Waals surface area contributed by atoms with Crippen LogP contribution in [0.5, 0.6) is 0 Å². The van der Waals surface area contributed by atoms with E-state index in [2.05, 4.69) is 13.8 Å². The highest BCUT2D eigenvalue weighted by atomic mass is 16.1. The van der Waals surface area contributed by atoms with Gasteiger partial charge >= 0.3 is 0 Å². The summed E-state index contributed by atoms with van der Waals surface area (Å²) in [6.45, 7) is 4.25. The molecule has 0 saturated carbocycles. The molecule has 0 aliphatic heterocycles. The van der Waals surface area contributed by atoms with Gasteiger partial charge < -0.3 is 5.73 Å². The van der Waals surface area contributed by atoms with Crippen molar-refractivity contribution in [3.8, 4) is 0 Å². The molecule has 0 radical (unpaired) electrons. The van der Waals surface area contributed by atoms with E-state index in [0.29, 0.717) is 5.56 Å². The van der Waals surface area contributed by atoms with Crippen LogP contribution in [0.4, 0.5) is 0 Å². The molecule has 1 amide bonds. The lowest BCUT2D eigenvalue weighted by Crippen LogP contribution is -2.09. The Morgan fingerprint density at radius 3 is 1.92 bits per heavy atom. The van der Waals surface area contributed by atoms with E-state index >= 15 is 0 Å². The van der Waals surface area contributed by atoms with E-state index in [1.54, 1.807) is 24.3 Å². The highest BCUT2D eigenvalue weighted by Gasteiger charge is 1.93. The van der Waals surface area contributed by atoms with E-state index in [9.17, 15) is 4.79 Å². The summed E-state index contributed by atoms with van der Waals surface area (Å²) in [4.78, 5) is 10.4. The average molecular weight is 165 g/mol. The lowest BCUT2D eigenvalue weighted by molar-refractivity contribution is 0.100. The van der Waals surface area contributed by atoms with Gasteiger partial charge in [0.05, 0.1) is 0 Å². The topological polar surface area (TPSA) is 43.1 Å². The van der Waals surface area contributed by atoms with E-state index in [1.165, 1.54) is 6.42 Å². The molecule has 0 saturated heterocycles. The predicted octanol–water partition coefficient (Wildman–Crippen LogP) is 2.20. The minimum Gasteiger partial charge on any atom is -0.366 e. The molecule has 0 heterocycles. The molecule has 2 nitrogen and oxygen atoms in total. The van der Waals surface area contributed by atoms with Crippen LogP contribution in [0.15, 0.2) is 30.3 Å². The van der Waals surface area contributed by atoms with Gasteiger partial charge in [-0.15, -0.1) is 0 Å². The molecule has 1 aromatic carbocycles. The molecule has 0 unspecified atom stereocenters. The maximum Gasteiger partial charge on any atom is 0.248 e. The molecule has 0 aliphatic carbocycles. The quantitative estimate of drug-likeness (QED) is 0.681. The van der Waals surface area contributed by atoms with Crippen LogP contribution in [0.3, 0.4) is 0 Å². The van der Waals surface area contributed by atoms with Crippen molar-refractivity contribution in [2.75, 3.05) is 0 Å². The van der Waals surface area contributed by atoms with Crippen molar-refractivity contribution in [1.29, 1.82) is 0 Å². The fourth-order valence-corrected chi connectivity index (χ4v) is 0.602. The second-order valence-corrected chi connectivity index (χ2v) is 2.44. The van der Waals surface area contributed by atoms with Crippen LogP contribution in [0, 0.1) is 0 Å². The molecule has 0 atom stereocenters. The molecule has 0 spiro atoms. The number of hydrogen-bond donors (Lipinski definition) is 1. The van der Waals surface area contributed by atoms with E-state index in [0.717, 1.165) is 0 Å². The Kier molecular flexibility index (Phi) is 5.70. The molecule has 1 rings (SSSR count). The van der Waals surface area contributed by atoms with Gasteiger partial charge in [-0.3, -0.25) is 4.79 Å². The lowest BCUT2D eigenvalue weighted by Gasteiger charge is -1.89. The first-order chi connectivity index (χ1) is 5.72. The largest absolute Gasteiger partial charge is 0.366 e. The van der Waals surface area contributed by atoms with Gasteiger partial charge in [-0.2, -0.15) is 0 Å². The summed E-state index contributed by atoms with van der Waals surface area (Å²) in [5.41, 5.74) is 5.53. The number of primary amides is 1. The van der Waals surface area contributed by atoms with Crippen LogP contribution < -0.4 is 5.73 Å². The summed E-state index contributed by atoms with van der Waals surface area (Å²) in [6.07, 6.45) is 1.25. The Morgan fingerprint density at radius 1 is 1.25 bits per heavy atom. The molecule has 0 aliphatic rings. The standard InChI is InChI=1S/C7H7NO.C3H8/c8-7(9)6-4-2-1-3-5-6;1-3-2/h1-5H,(H2,8,9);3H2,1-2H3. The van der Waals surface area contributed by atoms with Gasteiger partial charge in [-0.05, 0) is 12.1 Å². The minimum absolute atomic E-state index is 0.379. The predicted molar refractivity (Wildman–Crippen MR) is 50.9 cm³/mol. The molecule has 66 valence electrons. The van der Waals surface area contributed by atoms with Gasteiger partial charge in [0.25, 0.3) is 0 Å². The molecule has 0 aromatic heterocycles. The van der Waals surface area contributed by atoms with E-state index < -0.39 is 0 Å². The fourth-order valence-electron chi connectivity index (χ4n) is 0.602. The maximum absolute atomic E-state index is 10.4. The Labute approximate surface area is 73.4 Å². The maximum atomic E-state index is 10.4. The lowest BCUT2D eigenvalue weighted by atomic mass is 10.2. The first kappa shape index (κ1) is 10.7. The van der Waals surface area contributed by atoms with Crippen molar-refractivity contribution in [2.45, 2.75) is 20.3 Å². The number of hydrogen-bond acceptors (Lipinski definition) is 1. The summed E-state index contributed by atoms with van der Waals surface area (Å²) >= 11 is 0. The monoisotopic (exact) mass is 165 g/mol. The summed E-state index contributed by atoms with van der Waals surface area (Å²) < 4.78 is 0.